The van der Waals surface area contributed by atoms with Crippen molar-refractivity contribution >= 4 is 51.7 Å². The second-order valence-corrected chi connectivity index (χ2v) is 10.8. The van der Waals surface area contributed by atoms with Gasteiger partial charge in [0.15, 0.2) is 28.2 Å². The number of anilines is 1. The number of fused-ring (bicyclic) bond motifs is 1. The molecule has 40 heavy (non-hydrogen) atoms. The fourth-order valence-corrected chi connectivity index (χ4v) is 3.91. The first-order chi connectivity index (χ1) is 18.8. The quantitative estimate of drug-likeness (QED) is 0.152. The largest absolute Gasteiger partial charge is 0.461 e. The molecule has 2 aromatic heterocycles. The predicted molar refractivity (Wildman–Crippen MR) is 145 cm³/mol. The standard InChI is InChI=1S/C26H34FN5O7S/c1-8-26(37-7,13-38-23(35)15(2)3)18(39-24(36)16(4)5)12-32-14-28-20-21(30-25(27)31-22(20)32)29-19(34)10-9-11-40-17(6)33/h1,14-16,18H,9-13H2,2-7H3,(H,29,30,31,34)/t18-,26?/m0/s1. The van der Waals surface area contributed by atoms with Crippen molar-refractivity contribution in [3.05, 3.63) is 12.4 Å². The minimum Gasteiger partial charge on any atom is -0.461 e. The smallest absolute Gasteiger partial charge is 0.312 e. The molecule has 0 spiro atoms. The number of terminal acetylenes is 1. The van der Waals surface area contributed by atoms with Gasteiger partial charge in [-0.05, 0) is 6.42 Å². The molecule has 218 valence electrons. The zero-order valence-corrected chi connectivity index (χ0v) is 24.2. The molecule has 0 aliphatic heterocycles. The highest BCUT2D eigenvalue weighted by molar-refractivity contribution is 8.13. The van der Waals surface area contributed by atoms with Crippen molar-refractivity contribution in [2.24, 2.45) is 11.8 Å². The summed E-state index contributed by atoms with van der Waals surface area (Å²) in [4.78, 5) is 59.9. The number of esters is 2. The lowest BCUT2D eigenvalue weighted by atomic mass is 9.97. The molecule has 1 N–H and O–H groups in total. The maximum atomic E-state index is 14.5. The number of ether oxygens (including phenoxy) is 3. The molecule has 14 heteroatoms. The number of hydrogen-bond donors (Lipinski definition) is 1. The van der Waals surface area contributed by atoms with E-state index in [1.54, 1.807) is 27.7 Å². The van der Waals surface area contributed by atoms with Gasteiger partial charge < -0.3 is 24.1 Å². The Kier molecular flexibility index (Phi) is 12.0. The Morgan fingerprint density at radius 3 is 2.42 bits per heavy atom. The van der Waals surface area contributed by atoms with E-state index in [0.717, 1.165) is 11.8 Å². The summed E-state index contributed by atoms with van der Waals surface area (Å²) in [6.45, 7) is 7.36. The van der Waals surface area contributed by atoms with E-state index in [1.807, 2.05) is 0 Å². The highest BCUT2D eigenvalue weighted by Gasteiger charge is 2.43. The molecule has 0 aliphatic carbocycles. The highest BCUT2D eigenvalue weighted by Crippen LogP contribution is 2.26. The van der Waals surface area contributed by atoms with Crippen LogP contribution in [0.4, 0.5) is 10.2 Å². The van der Waals surface area contributed by atoms with Gasteiger partial charge in [-0.25, -0.2) is 4.98 Å². The molecule has 2 rings (SSSR count). The van der Waals surface area contributed by atoms with E-state index in [0.29, 0.717) is 12.2 Å². The van der Waals surface area contributed by atoms with Crippen LogP contribution in [0.3, 0.4) is 0 Å². The lowest BCUT2D eigenvalue weighted by Crippen LogP contribution is -2.52. The van der Waals surface area contributed by atoms with Crippen molar-refractivity contribution in [1.82, 2.24) is 19.5 Å². The molecule has 2 aromatic rings. The minimum absolute atomic E-state index is 0.0123. The van der Waals surface area contributed by atoms with Crippen molar-refractivity contribution in [3.63, 3.8) is 0 Å². The molecule has 0 saturated heterocycles. The van der Waals surface area contributed by atoms with Gasteiger partial charge in [-0.3, -0.25) is 19.2 Å². The molecule has 2 atom stereocenters. The van der Waals surface area contributed by atoms with Crippen LogP contribution in [0, 0.1) is 30.3 Å². The van der Waals surface area contributed by atoms with E-state index in [2.05, 4.69) is 26.2 Å². The van der Waals surface area contributed by atoms with Crippen LogP contribution in [0.15, 0.2) is 6.33 Å². The third-order valence-electron chi connectivity index (χ3n) is 5.67. The molecule has 0 fully saturated rings. The van der Waals surface area contributed by atoms with E-state index >= 15 is 0 Å². The number of amides is 1. The minimum atomic E-state index is -1.70. The average molecular weight is 580 g/mol. The Labute approximate surface area is 236 Å². The highest BCUT2D eigenvalue weighted by atomic mass is 32.2. The van der Waals surface area contributed by atoms with Crippen LogP contribution in [0.2, 0.25) is 0 Å². The van der Waals surface area contributed by atoms with E-state index in [1.165, 1.54) is 24.9 Å². The van der Waals surface area contributed by atoms with Crippen molar-refractivity contribution in [3.8, 4) is 12.3 Å². The normalized spacial score (nSPS) is 13.5. The van der Waals surface area contributed by atoms with Gasteiger partial charge in [-0.2, -0.15) is 14.4 Å². The fourth-order valence-electron chi connectivity index (χ4n) is 3.34. The SMILES string of the molecule is C#CC(COC(=O)C(C)C)(OC)[C@H](Cn1cnc2c(NC(=O)CCCSC(C)=O)nc(F)nc21)OC(=O)C(C)C. The van der Waals surface area contributed by atoms with Gasteiger partial charge in [0.25, 0.3) is 0 Å². The molecule has 0 radical (unpaired) electrons. The lowest BCUT2D eigenvalue weighted by Gasteiger charge is -2.35. The number of aromatic nitrogens is 4. The Morgan fingerprint density at radius 1 is 1.18 bits per heavy atom. The first kappa shape index (κ1) is 32.6. The number of carbonyl (C=O) groups excluding carboxylic acids is 4. The number of rotatable bonds is 14. The van der Waals surface area contributed by atoms with E-state index < -0.39 is 54.1 Å². The number of imidazole rings is 1. The first-order valence-electron chi connectivity index (χ1n) is 12.5. The Bertz CT molecular complexity index is 1280. The van der Waals surface area contributed by atoms with Gasteiger partial charge >= 0.3 is 18.0 Å². The molecule has 2 heterocycles. The summed E-state index contributed by atoms with van der Waals surface area (Å²) in [6, 6.07) is 0. The van der Waals surface area contributed by atoms with E-state index in [-0.39, 0.29) is 35.1 Å². The van der Waals surface area contributed by atoms with Crippen molar-refractivity contribution in [1.29, 1.82) is 0 Å². The number of methoxy groups -OCH3 is 1. The van der Waals surface area contributed by atoms with Crippen LogP contribution in [0.1, 0.15) is 47.5 Å². The topological polar surface area (TPSA) is 152 Å². The Balaban J connectivity index is 2.40. The van der Waals surface area contributed by atoms with E-state index in [9.17, 15) is 23.6 Å². The second kappa shape index (κ2) is 14.7. The summed E-state index contributed by atoms with van der Waals surface area (Å²) in [7, 11) is 1.29. The number of hydrogen-bond acceptors (Lipinski definition) is 11. The van der Waals surface area contributed by atoms with Crippen LogP contribution >= 0.6 is 11.8 Å². The average Bonchev–Trinajstić information content (AvgIpc) is 3.29. The van der Waals surface area contributed by atoms with Crippen molar-refractivity contribution in [2.75, 3.05) is 24.8 Å². The monoisotopic (exact) mass is 579 g/mol. The molecule has 0 bridgehead atoms. The van der Waals surface area contributed by atoms with Gasteiger partial charge in [0.05, 0.1) is 24.7 Å². The molecule has 0 aromatic carbocycles. The lowest BCUT2D eigenvalue weighted by molar-refractivity contribution is -0.178. The second-order valence-electron chi connectivity index (χ2n) is 9.48. The molecule has 0 aliphatic rings. The van der Waals surface area contributed by atoms with Crippen LogP contribution in [-0.4, -0.2) is 73.7 Å². The van der Waals surface area contributed by atoms with E-state index in [4.69, 9.17) is 20.6 Å². The summed E-state index contributed by atoms with van der Waals surface area (Å²) in [5.74, 6) is 0.215. The third-order valence-corrected chi connectivity index (χ3v) is 6.57. The fraction of sp³-hybridized carbons (Fsp3) is 0.577. The van der Waals surface area contributed by atoms with Crippen molar-refractivity contribution < 1.29 is 37.8 Å². The van der Waals surface area contributed by atoms with Crippen LogP contribution in [0.5, 0.6) is 0 Å². The molecule has 1 unspecified atom stereocenters. The summed E-state index contributed by atoms with van der Waals surface area (Å²) in [6.07, 6.45) is 5.26. The summed E-state index contributed by atoms with van der Waals surface area (Å²) in [5, 5.41) is 2.47. The zero-order chi connectivity index (χ0) is 30.0. The van der Waals surface area contributed by atoms with Gasteiger partial charge in [0, 0.05) is 26.2 Å². The van der Waals surface area contributed by atoms with Gasteiger partial charge in [-0.1, -0.05) is 45.4 Å². The van der Waals surface area contributed by atoms with Crippen molar-refractivity contribution in [2.45, 2.75) is 65.7 Å². The molecule has 12 nitrogen and oxygen atoms in total. The maximum absolute atomic E-state index is 14.5. The predicted octanol–water partition coefficient (Wildman–Crippen LogP) is 2.75. The van der Waals surface area contributed by atoms with Crippen LogP contribution < -0.4 is 5.32 Å². The summed E-state index contributed by atoms with van der Waals surface area (Å²) in [5.41, 5.74) is -1.63. The summed E-state index contributed by atoms with van der Waals surface area (Å²) >= 11 is 1.10. The van der Waals surface area contributed by atoms with Gasteiger partial charge in [0.2, 0.25) is 11.5 Å². The van der Waals surface area contributed by atoms with Gasteiger partial charge in [0.1, 0.15) is 6.61 Å². The zero-order valence-electron chi connectivity index (χ0n) is 23.4. The number of nitrogens with zero attached hydrogens (tertiary/aromatic N) is 4. The number of thioether (sulfide) groups is 1. The van der Waals surface area contributed by atoms with Crippen LogP contribution in [0.25, 0.3) is 11.2 Å². The first-order valence-corrected chi connectivity index (χ1v) is 13.5. The maximum Gasteiger partial charge on any atom is 0.312 e. The number of halogens is 1. The number of carbonyl (C=O) groups is 4. The Morgan fingerprint density at radius 2 is 1.85 bits per heavy atom. The Hall–Kier alpha value is -3.57. The molecular formula is C26H34FN5O7S. The molecule has 0 saturated carbocycles. The summed E-state index contributed by atoms with van der Waals surface area (Å²) < 4.78 is 32.4. The third kappa shape index (κ3) is 8.72. The van der Waals surface area contributed by atoms with Gasteiger partial charge in [-0.15, -0.1) is 6.42 Å². The molecular weight excluding hydrogens is 545 g/mol. The van der Waals surface area contributed by atoms with Crippen LogP contribution in [-0.2, 0) is 39.9 Å². The molecule has 1 amide bonds. The number of nitrogens with one attached hydrogen (secondary N) is 1.